The predicted molar refractivity (Wildman–Crippen MR) is 70.2 cm³/mol. The van der Waals surface area contributed by atoms with Crippen molar-refractivity contribution in [3.63, 3.8) is 0 Å². The molecule has 1 unspecified atom stereocenters. The van der Waals surface area contributed by atoms with Gasteiger partial charge in [-0.3, -0.25) is 0 Å². The lowest BCUT2D eigenvalue weighted by Gasteiger charge is -2.19. The van der Waals surface area contributed by atoms with Gasteiger partial charge in [0.15, 0.2) is 0 Å². The van der Waals surface area contributed by atoms with Crippen LogP contribution < -0.4 is 5.32 Å². The largest absolute Gasteiger partial charge is 0.312 e. The third-order valence-electron chi connectivity index (χ3n) is 3.63. The maximum atomic E-state index is 4.78. The van der Waals surface area contributed by atoms with Crippen molar-refractivity contribution in [2.75, 3.05) is 7.05 Å². The molecule has 0 spiro atoms. The summed E-state index contributed by atoms with van der Waals surface area (Å²) in [4.78, 5) is 6.20. The summed E-state index contributed by atoms with van der Waals surface area (Å²) in [5.41, 5.74) is 1.23. The summed E-state index contributed by atoms with van der Waals surface area (Å²) in [6.45, 7) is 4.36. The van der Waals surface area contributed by atoms with Gasteiger partial charge < -0.3 is 5.32 Å². The second-order valence-corrected chi connectivity index (χ2v) is 5.91. The molecule has 0 aliphatic heterocycles. The highest BCUT2D eigenvalue weighted by Gasteiger charge is 2.21. The van der Waals surface area contributed by atoms with Gasteiger partial charge in [-0.25, -0.2) is 4.98 Å². The van der Waals surface area contributed by atoms with Gasteiger partial charge in [0.05, 0.1) is 10.7 Å². The van der Waals surface area contributed by atoms with Crippen LogP contribution in [0.25, 0.3) is 0 Å². The molecule has 16 heavy (non-hydrogen) atoms. The number of hydrogen-bond donors (Lipinski definition) is 1. The average molecular weight is 238 g/mol. The zero-order valence-electron chi connectivity index (χ0n) is 10.5. The topological polar surface area (TPSA) is 24.9 Å². The van der Waals surface area contributed by atoms with Crippen molar-refractivity contribution >= 4 is 11.3 Å². The van der Waals surface area contributed by atoms with Gasteiger partial charge >= 0.3 is 0 Å². The van der Waals surface area contributed by atoms with Crippen molar-refractivity contribution < 1.29 is 0 Å². The molecule has 1 aromatic rings. The summed E-state index contributed by atoms with van der Waals surface area (Å²) in [6, 6.07) is 0.440. The zero-order valence-corrected chi connectivity index (χ0v) is 11.4. The fourth-order valence-electron chi connectivity index (χ4n) is 2.49. The number of thiazole rings is 1. The monoisotopic (exact) mass is 238 g/mol. The van der Waals surface area contributed by atoms with Crippen LogP contribution in [0.2, 0.25) is 0 Å². The highest BCUT2D eigenvalue weighted by Crippen LogP contribution is 2.37. The molecule has 0 saturated heterocycles. The smallest absolute Gasteiger partial charge is 0.0962 e. The van der Waals surface area contributed by atoms with Crippen molar-refractivity contribution in [2.24, 2.45) is 0 Å². The van der Waals surface area contributed by atoms with E-state index in [1.54, 1.807) is 0 Å². The lowest BCUT2D eigenvalue weighted by Crippen LogP contribution is -2.11. The second-order valence-electron chi connectivity index (χ2n) is 4.85. The van der Waals surface area contributed by atoms with Gasteiger partial charge in [-0.1, -0.05) is 19.3 Å². The van der Waals surface area contributed by atoms with E-state index >= 15 is 0 Å². The van der Waals surface area contributed by atoms with E-state index < -0.39 is 0 Å². The molecule has 1 saturated carbocycles. The molecule has 1 fully saturated rings. The zero-order chi connectivity index (χ0) is 11.5. The van der Waals surface area contributed by atoms with Crippen LogP contribution in [-0.4, -0.2) is 12.0 Å². The lowest BCUT2D eigenvalue weighted by molar-refractivity contribution is 0.442. The molecule has 90 valence electrons. The number of nitrogens with zero attached hydrogens (tertiary/aromatic N) is 1. The quantitative estimate of drug-likeness (QED) is 0.867. The van der Waals surface area contributed by atoms with E-state index in [4.69, 9.17) is 4.98 Å². The van der Waals surface area contributed by atoms with Gasteiger partial charge in [0, 0.05) is 16.8 Å². The van der Waals surface area contributed by atoms with Crippen LogP contribution in [0.4, 0.5) is 0 Å². The number of aryl methyl sites for hydroxylation is 1. The van der Waals surface area contributed by atoms with E-state index in [0.717, 1.165) is 5.92 Å². The molecule has 1 aliphatic carbocycles. The van der Waals surface area contributed by atoms with Crippen molar-refractivity contribution in [1.82, 2.24) is 10.3 Å². The Morgan fingerprint density at radius 2 is 2.00 bits per heavy atom. The summed E-state index contributed by atoms with van der Waals surface area (Å²) >= 11 is 1.93. The molecule has 2 nitrogen and oxygen atoms in total. The fraction of sp³-hybridized carbons (Fsp3) is 0.769. The molecule has 2 rings (SSSR count). The third-order valence-corrected chi connectivity index (χ3v) is 5.13. The summed E-state index contributed by atoms with van der Waals surface area (Å²) in [5, 5.41) is 4.69. The lowest BCUT2D eigenvalue weighted by atomic mass is 9.90. The van der Waals surface area contributed by atoms with Crippen molar-refractivity contribution in [1.29, 1.82) is 0 Å². The standard InChI is InChI=1S/C13H22N2S/c1-9(14-3)12-10(2)15-13(16-12)11-7-5-4-6-8-11/h9,11,14H,4-8H2,1-3H3. The first-order chi connectivity index (χ1) is 7.72. The van der Waals surface area contributed by atoms with Crippen LogP contribution in [0.15, 0.2) is 0 Å². The van der Waals surface area contributed by atoms with Crippen LogP contribution >= 0.6 is 11.3 Å². The van der Waals surface area contributed by atoms with Crippen molar-refractivity contribution in [3.05, 3.63) is 15.6 Å². The normalized spacial score (nSPS) is 19.9. The minimum atomic E-state index is 0.440. The Balaban J connectivity index is 2.16. The van der Waals surface area contributed by atoms with Gasteiger partial charge in [-0.05, 0) is 33.7 Å². The first-order valence-electron chi connectivity index (χ1n) is 6.37. The van der Waals surface area contributed by atoms with E-state index in [0.29, 0.717) is 6.04 Å². The molecule has 0 bridgehead atoms. The number of aromatic nitrogens is 1. The summed E-state index contributed by atoms with van der Waals surface area (Å²) in [5.74, 6) is 0.746. The Kier molecular flexibility index (Phi) is 3.98. The number of hydrogen-bond acceptors (Lipinski definition) is 3. The first kappa shape index (κ1) is 12.1. The summed E-state index contributed by atoms with van der Waals surface area (Å²) in [7, 11) is 2.02. The molecule has 1 atom stereocenters. The van der Waals surface area contributed by atoms with Crippen molar-refractivity contribution in [2.45, 2.75) is 57.9 Å². The third kappa shape index (κ3) is 2.46. The molecule has 3 heteroatoms. The highest BCUT2D eigenvalue weighted by molar-refractivity contribution is 7.11. The van der Waals surface area contributed by atoms with Crippen LogP contribution in [-0.2, 0) is 0 Å². The fourth-order valence-corrected chi connectivity index (χ4v) is 3.78. The van der Waals surface area contributed by atoms with Crippen LogP contribution in [0.3, 0.4) is 0 Å². The van der Waals surface area contributed by atoms with E-state index in [-0.39, 0.29) is 0 Å². The number of nitrogens with one attached hydrogen (secondary N) is 1. The van der Waals surface area contributed by atoms with Gasteiger partial charge in [0.2, 0.25) is 0 Å². The highest BCUT2D eigenvalue weighted by atomic mass is 32.1. The second kappa shape index (κ2) is 5.28. The molecule has 1 aliphatic rings. The number of rotatable bonds is 3. The maximum absolute atomic E-state index is 4.78. The Morgan fingerprint density at radius 1 is 1.31 bits per heavy atom. The summed E-state index contributed by atoms with van der Waals surface area (Å²) in [6.07, 6.45) is 6.89. The molecule has 1 heterocycles. The maximum Gasteiger partial charge on any atom is 0.0962 e. The van der Waals surface area contributed by atoms with Gasteiger partial charge in [-0.15, -0.1) is 11.3 Å². The first-order valence-corrected chi connectivity index (χ1v) is 7.18. The van der Waals surface area contributed by atoms with E-state index in [9.17, 15) is 0 Å². The molecule has 1 aromatic heterocycles. The molecule has 0 radical (unpaired) electrons. The van der Waals surface area contributed by atoms with Gasteiger partial charge in [0.1, 0.15) is 0 Å². The minimum absolute atomic E-state index is 0.440. The Hall–Kier alpha value is -0.410. The minimum Gasteiger partial charge on any atom is -0.312 e. The Bertz CT molecular complexity index is 340. The molecular formula is C13H22N2S. The van der Waals surface area contributed by atoms with Crippen LogP contribution in [0.5, 0.6) is 0 Å². The van der Waals surface area contributed by atoms with E-state index in [1.807, 2.05) is 18.4 Å². The van der Waals surface area contributed by atoms with Crippen molar-refractivity contribution in [3.8, 4) is 0 Å². The molecule has 1 N–H and O–H groups in total. The van der Waals surface area contributed by atoms with Gasteiger partial charge in [0.25, 0.3) is 0 Å². The Labute approximate surface area is 102 Å². The van der Waals surface area contributed by atoms with Crippen LogP contribution in [0.1, 0.15) is 66.6 Å². The average Bonchev–Trinajstić information content (AvgIpc) is 2.71. The molecule has 0 amide bonds. The SMILES string of the molecule is CNC(C)c1sc(C2CCCCC2)nc1C. The predicted octanol–water partition coefficient (Wildman–Crippen LogP) is 3.78. The summed E-state index contributed by atoms with van der Waals surface area (Å²) < 4.78 is 0. The van der Waals surface area contributed by atoms with Gasteiger partial charge in [-0.2, -0.15) is 0 Å². The van der Waals surface area contributed by atoms with E-state index in [2.05, 4.69) is 19.2 Å². The Morgan fingerprint density at radius 3 is 2.62 bits per heavy atom. The van der Waals surface area contributed by atoms with Crippen LogP contribution in [0, 0.1) is 6.92 Å². The molecular weight excluding hydrogens is 216 g/mol. The van der Waals surface area contributed by atoms with E-state index in [1.165, 1.54) is 47.7 Å². The molecule has 0 aromatic carbocycles.